The first-order valence-electron chi connectivity index (χ1n) is 14.6. The average Bonchev–Trinajstić information content (AvgIpc) is 3.53. The molecule has 0 amide bonds. The van der Waals surface area contributed by atoms with Crippen LogP contribution in [0.1, 0.15) is 41.9 Å². The maximum Gasteiger partial charge on any atom is 0.338 e. The summed E-state index contributed by atoms with van der Waals surface area (Å²) in [6, 6.07) is 25.5. The molecule has 0 N–H and O–H groups in total. The molecular weight excluding hydrogens is 621 g/mol. The van der Waals surface area contributed by atoms with Crippen LogP contribution in [0.3, 0.4) is 0 Å². The van der Waals surface area contributed by atoms with Crippen molar-refractivity contribution in [3.63, 3.8) is 0 Å². The molecule has 0 bridgehead atoms. The molecule has 5 aromatic rings. The van der Waals surface area contributed by atoms with Crippen molar-refractivity contribution in [3.8, 4) is 5.69 Å². The number of aromatic nitrogens is 2. The first-order valence-corrected chi connectivity index (χ1v) is 16.2. The number of allylic oxidation sites excluding steroid dienone is 1. The number of hydrogen-bond donors (Lipinski definition) is 0. The normalized spacial score (nSPS) is 14.6. The van der Waals surface area contributed by atoms with Crippen LogP contribution < -0.4 is 14.9 Å². The number of rotatable bonds is 8. The zero-order valence-corrected chi connectivity index (χ0v) is 27.2. The lowest BCUT2D eigenvalue weighted by molar-refractivity contribution is -0.384. The number of nitro groups is 1. The number of ether oxygens (including phenoxy) is 1. The number of methoxy groups -OCH3 is 1. The van der Waals surface area contributed by atoms with Gasteiger partial charge in [0.05, 0.1) is 33.9 Å². The summed E-state index contributed by atoms with van der Waals surface area (Å²) in [5, 5.41) is 11.0. The summed E-state index contributed by atoms with van der Waals surface area (Å²) in [7, 11) is 1.34. The third-order valence-corrected chi connectivity index (χ3v) is 9.90. The molecule has 1 aliphatic heterocycles. The summed E-state index contributed by atoms with van der Waals surface area (Å²) >= 11 is 2.84. The topological polar surface area (TPSA) is 109 Å². The predicted molar refractivity (Wildman–Crippen MR) is 179 cm³/mol. The van der Waals surface area contributed by atoms with Crippen molar-refractivity contribution in [2.45, 2.75) is 43.0 Å². The standard InChI is InChI=1S/C35H30N4O5S2/c1-5-29-31(34(41)44-4)32(23-9-7-6-8-10-23)38-33(40)30(46-35(38)36-29)20-24-19-21(2)37(22(24)3)25-11-15-27(16-12-25)45-28-17-13-26(14-18-28)39(42)43/h6-20,32H,5H2,1-4H3/b30-20-/t32-/m0/s1. The highest BCUT2D eigenvalue weighted by atomic mass is 32.2. The van der Waals surface area contributed by atoms with E-state index in [-0.39, 0.29) is 11.2 Å². The Morgan fingerprint density at radius 3 is 2.30 bits per heavy atom. The molecule has 0 aliphatic carbocycles. The van der Waals surface area contributed by atoms with Gasteiger partial charge >= 0.3 is 5.97 Å². The Labute approximate surface area is 273 Å². The van der Waals surface area contributed by atoms with Gasteiger partial charge in [0.1, 0.15) is 0 Å². The zero-order chi connectivity index (χ0) is 32.5. The highest BCUT2D eigenvalue weighted by Gasteiger charge is 2.33. The number of benzene rings is 3. The van der Waals surface area contributed by atoms with E-state index in [1.807, 2.05) is 81.4 Å². The van der Waals surface area contributed by atoms with Gasteiger partial charge in [0, 0.05) is 39.0 Å². The largest absolute Gasteiger partial charge is 0.466 e. The van der Waals surface area contributed by atoms with Crippen molar-refractivity contribution in [1.29, 1.82) is 0 Å². The molecule has 46 heavy (non-hydrogen) atoms. The molecule has 0 unspecified atom stereocenters. The fraction of sp³-hybridized carbons (Fsp3) is 0.171. The number of fused-ring (bicyclic) bond motifs is 1. The van der Waals surface area contributed by atoms with Crippen LogP contribution in [0.2, 0.25) is 0 Å². The lowest BCUT2D eigenvalue weighted by atomic mass is 9.95. The van der Waals surface area contributed by atoms with Crippen LogP contribution in [0, 0.1) is 24.0 Å². The lowest BCUT2D eigenvalue weighted by Gasteiger charge is -2.25. The molecule has 9 nitrogen and oxygen atoms in total. The minimum Gasteiger partial charge on any atom is -0.466 e. The number of thiazole rings is 1. The number of nitro benzene ring substituents is 1. The molecule has 3 aromatic carbocycles. The Morgan fingerprint density at radius 2 is 1.70 bits per heavy atom. The van der Waals surface area contributed by atoms with Crippen molar-refractivity contribution in [3.05, 3.63) is 149 Å². The summed E-state index contributed by atoms with van der Waals surface area (Å²) < 4.78 is 9.42. The summed E-state index contributed by atoms with van der Waals surface area (Å²) in [6.07, 6.45) is 2.42. The maximum atomic E-state index is 14.0. The molecule has 0 saturated heterocycles. The van der Waals surface area contributed by atoms with Gasteiger partial charge in [0.2, 0.25) is 0 Å². The summed E-state index contributed by atoms with van der Waals surface area (Å²) in [4.78, 5) is 44.8. The summed E-state index contributed by atoms with van der Waals surface area (Å²) in [5.41, 5.74) is 5.52. The molecule has 232 valence electrons. The Morgan fingerprint density at radius 1 is 1.04 bits per heavy atom. The molecular formula is C35H30N4O5S2. The van der Waals surface area contributed by atoms with E-state index in [0.29, 0.717) is 27.0 Å². The first kappa shape index (κ1) is 31.0. The van der Waals surface area contributed by atoms with E-state index in [1.165, 1.54) is 42.3 Å². The molecule has 1 atom stereocenters. The van der Waals surface area contributed by atoms with Crippen LogP contribution in [-0.2, 0) is 9.53 Å². The highest BCUT2D eigenvalue weighted by molar-refractivity contribution is 7.99. The van der Waals surface area contributed by atoms with E-state index in [2.05, 4.69) is 10.6 Å². The molecule has 11 heteroatoms. The molecule has 3 heterocycles. The third kappa shape index (κ3) is 5.75. The minimum absolute atomic E-state index is 0.0648. The summed E-state index contributed by atoms with van der Waals surface area (Å²) in [5.74, 6) is -0.496. The van der Waals surface area contributed by atoms with Crippen molar-refractivity contribution < 1.29 is 14.5 Å². The molecule has 0 spiro atoms. The smallest absolute Gasteiger partial charge is 0.338 e. The van der Waals surface area contributed by atoms with Gasteiger partial charge in [-0.1, -0.05) is 60.4 Å². The molecule has 0 fully saturated rings. The number of carbonyl (C=O) groups excluding carboxylic acids is 1. The van der Waals surface area contributed by atoms with E-state index in [1.54, 1.807) is 16.7 Å². The summed E-state index contributed by atoms with van der Waals surface area (Å²) in [6.45, 7) is 5.98. The molecule has 6 rings (SSSR count). The van der Waals surface area contributed by atoms with E-state index in [4.69, 9.17) is 9.73 Å². The number of non-ortho nitro benzene ring substituents is 1. The van der Waals surface area contributed by atoms with Crippen molar-refractivity contribution in [2.75, 3.05) is 7.11 Å². The Kier molecular flexibility index (Phi) is 8.61. The Hall–Kier alpha value is -5.00. The predicted octanol–water partition coefficient (Wildman–Crippen LogP) is 6.27. The average molecular weight is 651 g/mol. The van der Waals surface area contributed by atoms with Gasteiger partial charge in [-0.05, 0) is 79.9 Å². The fourth-order valence-corrected chi connectivity index (χ4v) is 7.55. The van der Waals surface area contributed by atoms with Gasteiger partial charge in [-0.3, -0.25) is 19.5 Å². The second-order valence-electron chi connectivity index (χ2n) is 10.7. The van der Waals surface area contributed by atoms with Crippen molar-refractivity contribution in [1.82, 2.24) is 9.13 Å². The van der Waals surface area contributed by atoms with Gasteiger partial charge in [0.25, 0.3) is 11.2 Å². The Bertz CT molecular complexity index is 2180. The van der Waals surface area contributed by atoms with Gasteiger partial charge < -0.3 is 9.30 Å². The van der Waals surface area contributed by atoms with Gasteiger partial charge in [-0.2, -0.15) is 0 Å². The van der Waals surface area contributed by atoms with Crippen LogP contribution in [0.25, 0.3) is 11.8 Å². The maximum absolute atomic E-state index is 14.0. The van der Waals surface area contributed by atoms with E-state index >= 15 is 0 Å². The van der Waals surface area contributed by atoms with Crippen LogP contribution in [0.4, 0.5) is 5.69 Å². The minimum atomic E-state index is -0.642. The number of esters is 1. The third-order valence-electron chi connectivity index (χ3n) is 7.90. The van der Waals surface area contributed by atoms with Crippen LogP contribution in [0.5, 0.6) is 0 Å². The van der Waals surface area contributed by atoms with E-state index in [9.17, 15) is 19.7 Å². The van der Waals surface area contributed by atoms with Crippen LogP contribution >= 0.6 is 23.1 Å². The first-order chi connectivity index (χ1) is 22.2. The number of carbonyl (C=O) groups is 1. The second kappa shape index (κ2) is 12.8. The number of aryl methyl sites for hydroxylation is 1. The molecule has 2 aromatic heterocycles. The molecule has 0 radical (unpaired) electrons. The van der Waals surface area contributed by atoms with Gasteiger partial charge in [-0.25, -0.2) is 9.79 Å². The quantitative estimate of drug-likeness (QED) is 0.111. The Balaban J connectivity index is 1.36. The van der Waals surface area contributed by atoms with Crippen LogP contribution in [0.15, 0.2) is 116 Å². The SMILES string of the molecule is CCC1=C(C(=O)OC)[C@H](c2ccccc2)n2c(s/c(=C\c3cc(C)n(-c4ccc(Sc5ccc([N+](=O)[O-])cc5)cc4)c3C)c2=O)=N1. The van der Waals surface area contributed by atoms with Gasteiger partial charge in [-0.15, -0.1) is 0 Å². The lowest BCUT2D eigenvalue weighted by Crippen LogP contribution is -2.40. The molecule has 0 saturated carbocycles. The second-order valence-corrected chi connectivity index (χ2v) is 12.9. The van der Waals surface area contributed by atoms with Gasteiger partial charge in [0.15, 0.2) is 4.80 Å². The highest BCUT2D eigenvalue weighted by Crippen LogP contribution is 2.33. The zero-order valence-electron chi connectivity index (χ0n) is 25.6. The number of hydrogen-bond acceptors (Lipinski definition) is 8. The van der Waals surface area contributed by atoms with Crippen molar-refractivity contribution >= 4 is 40.8 Å². The van der Waals surface area contributed by atoms with E-state index < -0.39 is 16.9 Å². The van der Waals surface area contributed by atoms with Crippen molar-refractivity contribution in [2.24, 2.45) is 4.99 Å². The monoisotopic (exact) mass is 650 g/mol. The fourth-order valence-electron chi connectivity index (χ4n) is 5.72. The number of nitrogens with zero attached hydrogens (tertiary/aromatic N) is 4. The van der Waals surface area contributed by atoms with Crippen LogP contribution in [-0.4, -0.2) is 27.1 Å². The van der Waals surface area contributed by atoms with E-state index in [0.717, 1.165) is 38.0 Å². The molecule has 1 aliphatic rings.